The molecule has 2 aliphatic rings. The fraction of sp³-hybridized carbons (Fsp3) is 0.483. The van der Waals surface area contributed by atoms with Gasteiger partial charge in [-0.05, 0) is 84.9 Å². The van der Waals surface area contributed by atoms with E-state index in [1.54, 1.807) is 11.2 Å². The van der Waals surface area contributed by atoms with Crippen molar-refractivity contribution in [2.75, 3.05) is 25.4 Å². The van der Waals surface area contributed by atoms with E-state index in [1.165, 1.54) is 11.1 Å². The molecular formula is C29H37N3O4S. The Labute approximate surface area is 219 Å². The Balaban J connectivity index is 1.55. The standard InChI is InChI=1S/C29H37N3O4S/c1-4-37(34,35)32-10-7-19(8-11-32)26-17-31-28-24(26)14-22(15-25(28)29(30)33)21-13-20(6-5-18(2)3)23-9-12-36-27(23)16-21/h13-19,31H,4-12H2,1-3H3,(H2,30,33). The van der Waals surface area contributed by atoms with Crippen molar-refractivity contribution in [2.45, 2.75) is 58.8 Å². The Kier molecular flexibility index (Phi) is 7.07. The summed E-state index contributed by atoms with van der Waals surface area (Å²) in [4.78, 5) is 15.8. The van der Waals surface area contributed by atoms with Gasteiger partial charge in [0, 0.05) is 36.7 Å². The highest BCUT2D eigenvalue weighted by Crippen LogP contribution is 2.40. The minimum absolute atomic E-state index is 0.125. The number of amides is 1. The number of ether oxygens (including phenoxy) is 1. The van der Waals surface area contributed by atoms with Gasteiger partial charge in [-0.15, -0.1) is 0 Å². The Hall–Kier alpha value is -2.84. The van der Waals surface area contributed by atoms with Gasteiger partial charge in [0.05, 0.1) is 23.4 Å². The molecule has 0 radical (unpaired) electrons. The summed E-state index contributed by atoms with van der Waals surface area (Å²) >= 11 is 0. The molecule has 0 atom stereocenters. The highest BCUT2D eigenvalue weighted by Gasteiger charge is 2.29. The molecule has 2 aliphatic heterocycles. The second kappa shape index (κ2) is 10.1. The summed E-state index contributed by atoms with van der Waals surface area (Å²) in [6.07, 6.45) is 6.49. The smallest absolute Gasteiger partial charge is 0.250 e. The van der Waals surface area contributed by atoms with Gasteiger partial charge in [-0.25, -0.2) is 12.7 Å². The number of fused-ring (bicyclic) bond motifs is 2. The molecule has 198 valence electrons. The minimum atomic E-state index is -3.18. The lowest BCUT2D eigenvalue weighted by molar-refractivity contribution is 0.100. The lowest BCUT2D eigenvalue weighted by atomic mass is 9.88. The SMILES string of the molecule is CCS(=O)(=O)N1CCC(c2c[nH]c3c(C(N)=O)cc(-c4cc(CCC(C)C)c5c(c4)OCC5)cc23)CC1. The number of nitrogens with two attached hydrogens (primary N) is 1. The zero-order valence-corrected chi connectivity index (χ0v) is 22.8. The second-order valence-corrected chi connectivity index (χ2v) is 13.0. The molecule has 37 heavy (non-hydrogen) atoms. The monoisotopic (exact) mass is 523 g/mol. The van der Waals surface area contributed by atoms with Gasteiger partial charge in [0.2, 0.25) is 10.0 Å². The van der Waals surface area contributed by atoms with Crippen LogP contribution in [0.2, 0.25) is 0 Å². The van der Waals surface area contributed by atoms with Gasteiger partial charge in [-0.1, -0.05) is 19.9 Å². The van der Waals surface area contributed by atoms with E-state index in [1.807, 2.05) is 12.3 Å². The third-order valence-corrected chi connectivity index (χ3v) is 9.86. The van der Waals surface area contributed by atoms with Gasteiger partial charge >= 0.3 is 0 Å². The van der Waals surface area contributed by atoms with E-state index in [0.29, 0.717) is 31.2 Å². The number of primary amides is 1. The van der Waals surface area contributed by atoms with Crippen molar-refractivity contribution in [3.05, 3.63) is 52.7 Å². The van der Waals surface area contributed by atoms with Crippen LogP contribution in [0.1, 0.15) is 73.0 Å². The first-order chi connectivity index (χ1) is 17.7. The number of hydrogen-bond acceptors (Lipinski definition) is 4. The number of sulfonamides is 1. The van der Waals surface area contributed by atoms with Gasteiger partial charge in [0.25, 0.3) is 5.91 Å². The van der Waals surface area contributed by atoms with E-state index in [0.717, 1.165) is 65.4 Å². The Morgan fingerprint density at radius 2 is 1.89 bits per heavy atom. The predicted octanol–water partition coefficient (Wildman–Crippen LogP) is 4.99. The van der Waals surface area contributed by atoms with Crippen LogP contribution in [-0.4, -0.2) is 49.1 Å². The maximum Gasteiger partial charge on any atom is 0.250 e. The van der Waals surface area contributed by atoms with Crippen LogP contribution in [0.3, 0.4) is 0 Å². The summed E-state index contributed by atoms with van der Waals surface area (Å²) in [5, 5.41) is 0.980. The quantitative estimate of drug-likeness (QED) is 0.434. The van der Waals surface area contributed by atoms with E-state index >= 15 is 0 Å². The number of hydrogen-bond donors (Lipinski definition) is 2. The molecule has 7 nitrogen and oxygen atoms in total. The molecule has 0 aliphatic carbocycles. The van der Waals surface area contributed by atoms with E-state index < -0.39 is 15.9 Å². The molecule has 1 saturated heterocycles. The van der Waals surface area contributed by atoms with Gasteiger partial charge in [-0.2, -0.15) is 0 Å². The molecule has 1 fully saturated rings. The Morgan fingerprint density at radius 3 is 2.57 bits per heavy atom. The molecular weight excluding hydrogens is 486 g/mol. The van der Waals surface area contributed by atoms with E-state index in [9.17, 15) is 13.2 Å². The number of aryl methyl sites for hydroxylation is 1. The number of nitrogens with one attached hydrogen (secondary N) is 1. The number of benzene rings is 2. The number of aromatic amines is 1. The molecule has 0 spiro atoms. The normalized spacial score (nSPS) is 16.9. The van der Waals surface area contributed by atoms with Crippen molar-refractivity contribution < 1.29 is 17.9 Å². The number of piperidine rings is 1. The molecule has 0 unspecified atom stereocenters. The largest absolute Gasteiger partial charge is 0.493 e. The summed E-state index contributed by atoms with van der Waals surface area (Å²) in [5.74, 6) is 1.41. The number of nitrogens with zero attached hydrogens (tertiary/aromatic N) is 1. The molecule has 0 saturated carbocycles. The first kappa shape index (κ1) is 25.8. The number of carbonyl (C=O) groups is 1. The van der Waals surface area contributed by atoms with Gasteiger partial charge in [-0.3, -0.25) is 4.79 Å². The maximum atomic E-state index is 12.5. The van der Waals surface area contributed by atoms with Crippen molar-refractivity contribution in [1.29, 1.82) is 0 Å². The summed E-state index contributed by atoms with van der Waals surface area (Å²) in [5.41, 5.74) is 12.8. The number of rotatable bonds is 8. The van der Waals surface area contributed by atoms with Crippen molar-refractivity contribution in [3.8, 4) is 16.9 Å². The van der Waals surface area contributed by atoms with Crippen LogP contribution in [0.15, 0.2) is 30.5 Å². The molecule has 8 heteroatoms. The fourth-order valence-electron chi connectivity index (χ4n) is 5.79. The first-order valence-corrected chi connectivity index (χ1v) is 15.0. The molecule has 3 N–H and O–H groups in total. The van der Waals surface area contributed by atoms with Gasteiger partial charge in [0.1, 0.15) is 5.75 Å². The molecule has 2 aromatic carbocycles. The van der Waals surface area contributed by atoms with Crippen molar-refractivity contribution in [3.63, 3.8) is 0 Å². The zero-order chi connectivity index (χ0) is 26.3. The van der Waals surface area contributed by atoms with Crippen LogP contribution in [-0.2, 0) is 22.9 Å². The molecule has 1 aromatic heterocycles. The van der Waals surface area contributed by atoms with E-state index in [2.05, 4.69) is 37.0 Å². The third-order valence-electron chi connectivity index (χ3n) is 7.97. The van der Waals surface area contributed by atoms with Crippen LogP contribution in [0.4, 0.5) is 0 Å². The van der Waals surface area contributed by atoms with Crippen molar-refractivity contribution >= 4 is 26.8 Å². The van der Waals surface area contributed by atoms with Crippen LogP contribution < -0.4 is 10.5 Å². The number of H-pyrrole nitrogens is 1. The zero-order valence-electron chi connectivity index (χ0n) is 22.0. The number of carbonyl (C=O) groups excluding carboxylic acids is 1. The third kappa shape index (κ3) is 5.01. The average Bonchev–Trinajstić information content (AvgIpc) is 3.53. The number of aromatic nitrogens is 1. The lowest BCUT2D eigenvalue weighted by Gasteiger charge is -2.31. The highest BCUT2D eigenvalue weighted by molar-refractivity contribution is 7.89. The van der Waals surface area contributed by atoms with Crippen LogP contribution in [0.25, 0.3) is 22.0 Å². The summed E-state index contributed by atoms with van der Waals surface area (Å²) in [6, 6.07) is 8.37. The van der Waals surface area contributed by atoms with Crippen LogP contribution in [0.5, 0.6) is 5.75 Å². The summed E-state index contributed by atoms with van der Waals surface area (Å²) in [6.45, 7) is 7.89. The molecule has 5 rings (SSSR count). The minimum Gasteiger partial charge on any atom is -0.493 e. The van der Waals surface area contributed by atoms with Crippen LogP contribution in [0, 0.1) is 5.92 Å². The molecule has 3 aromatic rings. The van der Waals surface area contributed by atoms with Crippen molar-refractivity contribution in [1.82, 2.24) is 9.29 Å². The van der Waals surface area contributed by atoms with Gasteiger partial charge < -0.3 is 15.5 Å². The fourth-order valence-corrected chi connectivity index (χ4v) is 6.92. The molecule has 1 amide bonds. The maximum absolute atomic E-state index is 12.5. The lowest BCUT2D eigenvalue weighted by Crippen LogP contribution is -2.38. The summed E-state index contributed by atoms with van der Waals surface area (Å²) in [7, 11) is -3.18. The van der Waals surface area contributed by atoms with Crippen molar-refractivity contribution in [2.24, 2.45) is 11.7 Å². The molecule has 3 heterocycles. The predicted molar refractivity (Wildman–Crippen MR) is 148 cm³/mol. The Bertz CT molecular complexity index is 1430. The summed E-state index contributed by atoms with van der Waals surface area (Å²) < 4.78 is 32.2. The van der Waals surface area contributed by atoms with E-state index in [4.69, 9.17) is 10.5 Å². The van der Waals surface area contributed by atoms with Gasteiger partial charge in [0.15, 0.2) is 0 Å². The topological polar surface area (TPSA) is 105 Å². The van der Waals surface area contributed by atoms with Crippen LogP contribution >= 0.6 is 0 Å². The first-order valence-electron chi connectivity index (χ1n) is 13.4. The Morgan fingerprint density at radius 1 is 1.16 bits per heavy atom. The van der Waals surface area contributed by atoms with E-state index in [-0.39, 0.29) is 11.7 Å². The molecule has 0 bridgehead atoms. The average molecular weight is 524 g/mol. The highest BCUT2D eigenvalue weighted by atomic mass is 32.2. The second-order valence-electron chi connectivity index (χ2n) is 10.8.